The molecule has 0 atom stereocenters. The molecule has 4 nitrogen and oxygen atoms in total. The third kappa shape index (κ3) is 2.61. The smallest absolute Gasteiger partial charge is 0.371 e. The van der Waals surface area contributed by atoms with E-state index in [1.54, 1.807) is 6.07 Å². The fourth-order valence-corrected chi connectivity index (χ4v) is 2.40. The number of rotatable bonds is 5. The highest BCUT2D eigenvalue weighted by atomic mass is 16.4. The summed E-state index contributed by atoms with van der Waals surface area (Å²) in [5.74, 6) is -1.34. The molecule has 2 rings (SSSR count). The molecule has 0 saturated carbocycles. The molecule has 0 aliphatic heterocycles. The molecule has 0 amide bonds. The Morgan fingerprint density at radius 3 is 2.48 bits per heavy atom. The van der Waals surface area contributed by atoms with E-state index in [1.165, 1.54) is 6.07 Å². The Morgan fingerprint density at radius 2 is 1.90 bits per heavy atom. The van der Waals surface area contributed by atoms with Gasteiger partial charge >= 0.3 is 5.97 Å². The predicted octanol–water partition coefficient (Wildman–Crippen LogP) is 4.29. The van der Waals surface area contributed by atoms with E-state index in [9.17, 15) is 9.59 Å². The summed E-state index contributed by atoms with van der Waals surface area (Å²) in [4.78, 5) is 23.4. The molecular weight excluding hydrogens is 268 g/mol. The molecule has 0 radical (unpaired) electrons. The lowest BCUT2D eigenvalue weighted by Gasteiger charge is -2.10. The zero-order valence-corrected chi connectivity index (χ0v) is 12.4. The van der Waals surface area contributed by atoms with Crippen molar-refractivity contribution in [3.63, 3.8) is 0 Å². The summed E-state index contributed by atoms with van der Waals surface area (Å²) >= 11 is 0. The van der Waals surface area contributed by atoms with Crippen molar-refractivity contribution in [2.45, 2.75) is 33.6 Å². The van der Waals surface area contributed by atoms with Crippen LogP contribution >= 0.6 is 0 Å². The average Bonchev–Trinajstić information content (AvgIpc) is 2.86. The van der Waals surface area contributed by atoms with Crippen LogP contribution < -0.4 is 0 Å². The van der Waals surface area contributed by atoms with Gasteiger partial charge in [0, 0.05) is 10.9 Å². The van der Waals surface area contributed by atoms with E-state index in [2.05, 4.69) is 6.58 Å². The third-order valence-corrected chi connectivity index (χ3v) is 3.74. The summed E-state index contributed by atoms with van der Waals surface area (Å²) in [6.07, 6.45) is 1.50. The number of aryl methyl sites for hydroxylation is 1. The molecule has 4 heteroatoms. The molecule has 0 unspecified atom stereocenters. The number of carboxylic acid groups (broad SMARTS) is 1. The van der Waals surface area contributed by atoms with Gasteiger partial charge in [0.05, 0.1) is 0 Å². The zero-order valence-electron chi connectivity index (χ0n) is 12.4. The molecule has 1 aromatic heterocycles. The Kier molecular flexibility index (Phi) is 3.98. The highest BCUT2D eigenvalue weighted by Gasteiger charge is 2.19. The van der Waals surface area contributed by atoms with Gasteiger partial charge in [-0.25, -0.2) is 4.79 Å². The van der Waals surface area contributed by atoms with Gasteiger partial charge in [-0.1, -0.05) is 19.9 Å². The van der Waals surface area contributed by atoms with Crippen LogP contribution in [0.5, 0.6) is 0 Å². The zero-order chi connectivity index (χ0) is 15.7. The topological polar surface area (TPSA) is 67.5 Å². The van der Waals surface area contributed by atoms with E-state index in [4.69, 9.17) is 9.52 Å². The second kappa shape index (κ2) is 5.56. The van der Waals surface area contributed by atoms with Gasteiger partial charge in [0.2, 0.25) is 5.76 Å². The van der Waals surface area contributed by atoms with E-state index in [1.807, 2.05) is 20.8 Å². The van der Waals surface area contributed by atoms with Gasteiger partial charge in [-0.2, -0.15) is 0 Å². The number of Topliss-reactive ketones (excluding diaryl/α,β-unsaturated/α-hetero) is 1. The SMILES string of the molecule is C=C(CCC)C(=O)c1cc2oc(C(=O)O)cc2c(C)c1C. The first kappa shape index (κ1) is 15.0. The minimum absolute atomic E-state index is 0.104. The second-order valence-electron chi connectivity index (χ2n) is 5.18. The number of hydrogen-bond acceptors (Lipinski definition) is 3. The van der Waals surface area contributed by atoms with Gasteiger partial charge in [-0.15, -0.1) is 0 Å². The van der Waals surface area contributed by atoms with Crippen molar-refractivity contribution in [3.8, 4) is 0 Å². The maximum atomic E-state index is 12.4. The quantitative estimate of drug-likeness (QED) is 0.657. The van der Waals surface area contributed by atoms with Gasteiger partial charge in [0.15, 0.2) is 5.78 Å². The van der Waals surface area contributed by atoms with Crippen molar-refractivity contribution in [3.05, 3.63) is 46.7 Å². The van der Waals surface area contributed by atoms with Crippen LogP contribution in [0.4, 0.5) is 0 Å². The van der Waals surface area contributed by atoms with Gasteiger partial charge in [0.25, 0.3) is 0 Å². The first-order valence-corrected chi connectivity index (χ1v) is 6.86. The molecule has 1 N–H and O–H groups in total. The number of aromatic carboxylic acids is 1. The number of carboxylic acids is 1. The van der Waals surface area contributed by atoms with Crippen LogP contribution in [0.25, 0.3) is 11.0 Å². The first-order valence-electron chi connectivity index (χ1n) is 6.86. The summed E-state index contributed by atoms with van der Waals surface area (Å²) in [5.41, 5.74) is 3.20. The lowest BCUT2D eigenvalue weighted by molar-refractivity contribution is 0.0665. The molecule has 21 heavy (non-hydrogen) atoms. The number of furan rings is 1. The van der Waals surface area contributed by atoms with Crippen LogP contribution in [-0.2, 0) is 0 Å². The van der Waals surface area contributed by atoms with E-state index in [-0.39, 0.29) is 11.5 Å². The molecule has 0 fully saturated rings. The van der Waals surface area contributed by atoms with Gasteiger partial charge in [0.1, 0.15) is 5.58 Å². The van der Waals surface area contributed by atoms with Crippen LogP contribution in [0.2, 0.25) is 0 Å². The minimum atomic E-state index is -1.12. The summed E-state index contributed by atoms with van der Waals surface area (Å²) in [5, 5.41) is 9.73. The highest BCUT2D eigenvalue weighted by Crippen LogP contribution is 2.29. The van der Waals surface area contributed by atoms with Crippen molar-refractivity contribution in [1.82, 2.24) is 0 Å². The van der Waals surface area contributed by atoms with E-state index in [0.29, 0.717) is 23.1 Å². The lowest BCUT2D eigenvalue weighted by atomic mass is 9.93. The molecule has 0 aliphatic carbocycles. The average molecular weight is 286 g/mol. The number of allylic oxidation sites excluding steroid dienone is 1. The number of fused-ring (bicyclic) bond motifs is 1. The molecule has 0 bridgehead atoms. The molecule has 110 valence electrons. The molecule has 0 saturated heterocycles. The molecule has 1 heterocycles. The fourth-order valence-electron chi connectivity index (χ4n) is 2.40. The van der Waals surface area contributed by atoms with Crippen molar-refractivity contribution < 1.29 is 19.1 Å². The van der Waals surface area contributed by atoms with Gasteiger partial charge in [-0.3, -0.25) is 4.79 Å². The van der Waals surface area contributed by atoms with Crippen molar-refractivity contribution in [2.75, 3.05) is 0 Å². The molecule has 2 aromatic rings. The number of carbonyl (C=O) groups excluding carboxylic acids is 1. The second-order valence-corrected chi connectivity index (χ2v) is 5.18. The number of carbonyl (C=O) groups is 2. The van der Waals surface area contributed by atoms with Crippen molar-refractivity contribution in [1.29, 1.82) is 0 Å². The monoisotopic (exact) mass is 286 g/mol. The summed E-state index contributed by atoms with van der Waals surface area (Å²) < 4.78 is 5.31. The standard InChI is InChI=1S/C17H18O4/c1-5-6-9(2)16(18)13-8-14-12(10(3)11(13)4)7-15(21-14)17(19)20/h7-8H,2,5-6H2,1,3-4H3,(H,19,20). The van der Waals surface area contributed by atoms with Crippen LogP contribution in [0.1, 0.15) is 51.8 Å². The van der Waals surface area contributed by atoms with Crippen LogP contribution in [0, 0.1) is 13.8 Å². The van der Waals surface area contributed by atoms with E-state index < -0.39 is 5.97 Å². The fraction of sp³-hybridized carbons (Fsp3) is 0.294. The minimum Gasteiger partial charge on any atom is -0.475 e. The Bertz CT molecular complexity index is 750. The summed E-state index contributed by atoms with van der Waals surface area (Å²) in [6, 6.07) is 3.11. The Labute approximate surface area is 123 Å². The number of ketones is 1. The van der Waals surface area contributed by atoms with Crippen molar-refractivity contribution in [2.24, 2.45) is 0 Å². The van der Waals surface area contributed by atoms with Gasteiger partial charge in [-0.05, 0) is 49.1 Å². The summed E-state index contributed by atoms with van der Waals surface area (Å²) in [7, 11) is 0. The predicted molar refractivity (Wildman–Crippen MR) is 81.0 cm³/mol. The Morgan fingerprint density at radius 1 is 1.24 bits per heavy atom. The number of benzene rings is 1. The van der Waals surface area contributed by atoms with Gasteiger partial charge < -0.3 is 9.52 Å². The van der Waals surface area contributed by atoms with E-state index in [0.717, 1.165) is 22.9 Å². The molecule has 0 aliphatic rings. The maximum Gasteiger partial charge on any atom is 0.371 e. The Balaban J connectivity index is 2.60. The molecular formula is C17H18O4. The maximum absolute atomic E-state index is 12.4. The highest BCUT2D eigenvalue weighted by molar-refractivity contribution is 6.11. The molecule has 0 spiro atoms. The van der Waals surface area contributed by atoms with E-state index >= 15 is 0 Å². The van der Waals surface area contributed by atoms with Crippen LogP contribution in [0.15, 0.2) is 28.7 Å². The number of hydrogen-bond donors (Lipinski definition) is 1. The van der Waals surface area contributed by atoms with Crippen LogP contribution in [0.3, 0.4) is 0 Å². The largest absolute Gasteiger partial charge is 0.475 e. The lowest BCUT2D eigenvalue weighted by Crippen LogP contribution is -2.06. The normalized spacial score (nSPS) is 10.8. The Hall–Kier alpha value is -2.36. The molecule has 1 aromatic carbocycles. The first-order chi connectivity index (χ1) is 9.86. The van der Waals surface area contributed by atoms with Crippen LogP contribution in [-0.4, -0.2) is 16.9 Å². The third-order valence-electron chi connectivity index (χ3n) is 3.74. The summed E-state index contributed by atoms with van der Waals surface area (Å²) in [6.45, 7) is 9.54. The van der Waals surface area contributed by atoms with Crippen molar-refractivity contribution >= 4 is 22.7 Å².